The molecule has 0 spiro atoms. The van der Waals surface area contributed by atoms with Gasteiger partial charge in [-0.15, -0.1) is 0 Å². The summed E-state index contributed by atoms with van der Waals surface area (Å²) in [5.41, 5.74) is 0. The molecule has 1 nitrogen and oxygen atoms in total. The normalized spacial score (nSPS) is 16.5. The van der Waals surface area contributed by atoms with Crippen LogP contribution in [0, 0.1) is 0 Å². The van der Waals surface area contributed by atoms with Crippen LogP contribution in [0.1, 0.15) is 0 Å². The number of hydrogen-bond donors (Lipinski definition) is 0. The molecule has 1 unspecified atom stereocenters. The highest BCUT2D eigenvalue weighted by Crippen LogP contribution is 2.36. The van der Waals surface area contributed by atoms with Crippen LogP contribution in [0.25, 0.3) is 0 Å². The quantitative estimate of drug-likeness (QED) is 0.510. The third-order valence-corrected chi connectivity index (χ3v) is 1.63. The summed E-state index contributed by atoms with van der Waals surface area (Å²) in [6.45, 7) is 0. The summed E-state index contributed by atoms with van der Waals surface area (Å²) < 4.78 is 67.1. The summed E-state index contributed by atoms with van der Waals surface area (Å²) in [6.07, 6.45) is -5.68. The summed E-state index contributed by atoms with van der Waals surface area (Å²) in [4.78, 5) is 0. The van der Waals surface area contributed by atoms with E-state index in [4.69, 9.17) is 0 Å². The molecule has 0 aliphatic heterocycles. The Kier molecular flexibility index (Phi) is 3.25. The average molecular weight is 217 g/mol. The van der Waals surface area contributed by atoms with Gasteiger partial charge in [-0.3, -0.25) is 0 Å². The molecule has 68 valence electrons. The predicted octanol–water partition coefficient (Wildman–Crippen LogP) is 2.09. The Hall–Kier alpha value is 0.0900. The van der Waals surface area contributed by atoms with Crippen molar-refractivity contribution in [1.29, 1.82) is 0 Å². The third-order valence-electron chi connectivity index (χ3n) is 0.709. The number of hydrogen-bond acceptors (Lipinski definition) is 1. The zero-order chi connectivity index (χ0) is 9.28. The summed E-state index contributed by atoms with van der Waals surface area (Å²) in [7, 11) is 1.78. The molecule has 1 atom stereocenters. The zero-order valence-corrected chi connectivity index (χ0v) is 6.36. The van der Waals surface area contributed by atoms with E-state index in [2.05, 4.69) is 10.7 Å². The largest absolute Gasteiger partial charge is 0.454 e. The molecular weight excluding hydrogens is 215 g/mol. The maximum Gasteiger partial charge on any atom is 0.454 e. The predicted molar refractivity (Wildman–Crippen MR) is 29.9 cm³/mol. The molecule has 0 aromatic carbocycles. The molecule has 0 saturated carbocycles. The van der Waals surface area contributed by atoms with Crippen molar-refractivity contribution in [1.82, 2.24) is 0 Å². The van der Waals surface area contributed by atoms with Crippen molar-refractivity contribution >= 4 is 20.7 Å². The van der Waals surface area contributed by atoms with Gasteiger partial charge in [-0.1, -0.05) is 0 Å². The minimum atomic E-state index is -5.68. The van der Waals surface area contributed by atoms with Crippen molar-refractivity contribution in [3.63, 3.8) is 0 Å². The van der Waals surface area contributed by atoms with Crippen molar-refractivity contribution in [3.05, 3.63) is 0 Å². The lowest BCUT2D eigenvalue weighted by molar-refractivity contribution is -0.271. The maximum atomic E-state index is 11.8. The van der Waals surface area contributed by atoms with E-state index in [9.17, 15) is 26.2 Å². The van der Waals surface area contributed by atoms with Gasteiger partial charge in [-0.05, 0) is 10.7 Å². The van der Waals surface area contributed by atoms with Crippen LogP contribution in [-0.4, -0.2) is 22.1 Å². The standard InChI is InChI=1S/C3H2ClF5OS/c4-11(10)1-2(5,6)3(7,8)9/h1H2. The molecule has 0 aromatic rings. The van der Waals surface area contributed by atoms with Crippen LogP contribution in [0.2, 0.25) is 0 Å². The van der Waals surface area contributed by atoms with E-state index in [1.54, 1.807) is 0 Å². The highest BCUT2D eigenvalue weighted by molar-refractivity contribution is 8.08. The van der Waals surface area contributed by atoms with Crippen LogP contribution < -0.4 is 0 Å². The molecule has 0 rings (SSSR count). The first kappa shape index (κ1) is 11.1. The minimum Gasteiger partial charge on any atom is -0.242 e. The summed E-state index contributed by atoms with van der Waals surface area (Å²) >= 11 is 0. The Morgan fingerprint density at radius 1 is 1.18 bits per heavy atom. The fraction of sp³-hybridized carbons (Fsp3) is 1.00. The van der Waals surface area contributed by atoms with Crippen LogP contribution in [0.4, 0.5) is 22.0 Å². The molecular formula is C3H2ClF5OS. The van der Waals surface area contributed by atoms with Crippen LogP contribution in [0.15, 0.2) is 0 Å². The molecule has 0 heterocycles. The first-order valence-electron chi connectivity index (χ1n) is 2.16. The van der Waals surface area contributed by atoms with E-state index in [-0.39, 0.29) is 0 Å². The fourth-order valence-electron chi connectivity index (χ4n) is 0.224. The first-order valence-corrected chi connectivity index (χ1v) is 4.30. The van der Waals surface area contributed by atoms with E-state index in [0.29, 0.717) is 0 Å². The molecule has 0 aliphatic rings. The molecule has 0 radical (unpaired) electrons. The average Bonchev–Trinajstić information content (AvgIpc) is 1.56. The Bertz CT molecular complexity index is 166. The number of halogens is 6. The highest BCUT2D eigenvalue weighted by Gasteiger charge is 2.58. The van der Waals surface area contributed by atoms with E-state index in [1.807, 2.05) is 0 Å². The van der Waals surface area contributed by atoms with Gasteiger partial charge < -0.3 is 0 Å². The van der Waals surface area contributed by atoms with E-state index < -0.39 is 27.9 Å². The highest BCUT2D eigenvalue weighted by atomic mass is 35.7. The SMILES string of the molecule is O=S(Cl)CC(F)(F)C(F)(F)F. The topological polar surface area (TPSA) is 17.1 Å². The second-order valence-electron chi connectivity index (χ2n) is 1.64. The van der Waals surface area contributed by atoms with Crippen LogP contribution in [0.5, 0.6) is 0 Å². The zero-order valence-electron chi connectivity index (χ0n) is 4.79. The van der Waals surface area contributed by atoms with Crippen molar-refractivity contribution in [2.45, 2.75) is 12.1 Å². The molecule has 0 bridgehead atoms. The van der Waals surface area contributed by atoms with Crippen LogP contribution in [0.3, 0.4) is 0 Å². The van der Waals surface area contributed by atoms with E-state index in [0.717, 1.165) is 0 Å². The minimum absolute atomic E-state index is 1.90. The molecule has 0 aromatic heterocycles. The first-order chi connectivity index (χ1) is 4.67. The molecule has 0 N–H and O–H groups in total. The lowest BCUT2D eigenvalue weighted by atomic mass is 10.4. The Labute approximate surface area is 65.5 Å². The number of rotatable bonds is 2. The molecule has 0 saturated heterocycles. The molecule has 11 heavy (non-hydrogen) atoms. The van der Waals surface area contributed by atoms with Gasteiger partial charge in [0.1, 0.15) is 15.8 Å². The van der Waals surface area contributed by atoms with Gasteiger partial charge in [0.25, 0.3) is 0 Å². The lowest BCUT2D eigenvalue weighted by Gasteiger charge is -2.16. The monoisotopic (exact) mass is 216 g/mol. The molecule has 0 amide bonds. The summed E-state index contributed by atoms with van der Waals surface area (Å²) in [6, 6.07) is 0. The van der Waals surface area contributed by atoms with Crippen molar-refractivity contribution in [3.8, 4) is 0 Å². The van der Waals surface area contributed by atoms with Crippen LogP contribution >= 0.6 is 10.7 Å². The van der Waals surface area contributed by atoms with Gasteiger partial charge in [0.05, 0.1) is 0 Å². The molecule has 8 heteroatoms. The van der Waals surface area contributed by atoms with Crippen LogP contribution in [-0.2, 0) is 10.0 Å². The number of alkyl halides is 5. The third kappa shape index (κ3) is 3.33. The Morgan fingerprint density at radius 3 is 1.64 bits per heavy atom. The fourth-order valence-corrected chi connectivity index (χ4v) is 1.08. The molecule has 0 fully saturated rings. The van der Waals surface area contributed by atoms with Crippen molar-refractivity contribution in [2.75, 3.05) is 5.75 Å². The Balaban J connectivity index is 4.34. The second kappa shape index (κ2) is 3.22. The van der Waals surface area contributed by atoms with Gasteiger partial charge in [-0.25, -0.2) is 4.21 Å². The second-order valence-corrected chi connectivity index (χ2v) is 3.54. The van der Waals surface area contributed by atoms with Crippen molar-refractivity contribution < 1.29 is 26.2 Å². The van der Waals surface area contributed by atoms with Gasteiger partial charge in [0, 0.05) is 0 Å². The van der Waals surface area contributed by atoms with Gasteiger partial charge in [-0.2, -0.15) is 22.0 Å². The lowest BCUT2D eigenvalue weighted by Crippen LogP contribution is -2.40. The summed E-state index contributed by atoms with van der Waals surface area (Å²) in [5, 5.41) is 0. The van der Waals surface area contributed by atoms with Gasteiger partial charge in [0.2, 0.25) is 0 Å². The molecule has 0 aliphatic carbocycles. The smallest absolute Gasteiger partial charge is 0.242 e. The van der Waals surface area contributed by atoms with Crippen molar-refractivity contribution in [2.24, 2.45) is 0 Å². The maximum absolute atomic E-state index is 11.8. The Morgan fingerprint density at radius 2 is 1.55 bits per heavy atom. The van der Waals surface area contributed by atoms with Gasteiger partial charge >= 0.3 is 12.1 Å². The van der Waals surface area contributed by atoms with Gasteiger partial charge in [0.15, 0.2) is 0 Å². The van der Waals surface area contributed by atoms with E-state index in [1.165, 1.54) is 0 Å². The summed E-state index contributed by atoms with van der Waals surface area (Å²) in [5.74, 6) is -6.88. The van der Waals surface area contributed by atoms with E-state index >= 15 is 0 Å².